The highest BCUT2D eigenvalue weighted by atomic mass is 35.5. The van der Waals surface area contributed by atoms with Crippen molar-refractivity contribution in [1.82, 2.24) is 9.80 Å². The summed E-state index contributed by atoms with van der Waals surface area (Å²) >= 11 is 0. The molecule has 0 unspecified atom stereocenters. The van der Waals surface area contributed by atoms with Crippen molar-refractivity contribution in [3.63, 3.8) is 0 Å². The van der Waals surface area contributed by atoms with Gasteiger partial charge in [-0.15, -0.1) is 12.4 Å². The van der Waals surface area contributed by atoms with Gasteiger partial charge in [-0.1, -0.05) is 42.5 Å². The summed E-state index contributed by atoms with van der Waals surface area (Å²) in [5.74, 6) is 0.557. The second-order valence-electron chi connectivity index (χ2n) is 7.93. The Kier molecular flexibility index (Phi) is 7.11. The van der Waals surface area contributed by atoms with Gasteiger partial charge in [-0.05, 0) is 42.5 Å². The van der Waals surface area contributed by atoms with Crippen LogP contribution in [-0.2, 0) is 6.54 Å². The van der Waals surface area contributed by atoms with Crippen molar-refractivity contribution in [2.24, 2.45) is 5.73 Å². The molecule has 0 aromatic heterocycles. The maximum absolute atomic E-state index is 12.8. The van der Waals surface area contributed by atoms with Gasteiger partial charge in [0.15, 0.2) is 0 Å². The summed E-state index contributed by atoms with van der Waals surface area (Å²) in [6.07, 6.45) is 3.48. The van der Waals surface area contributed by atoms with E-state index in [0.717, 1.165) is 51.1 Å². The largest absolute Gasteiger partial charge is 0.339 e. The standard InChI is InChI=1S/C23H29N3O.ClH/c24-22-17-25(16-21(22)19-9-3-1-4-10-19)15-18-8-7-11-20(14-18)23(27)26-12-5-2-6-13-26;/h1,3-4,7-11,14,21-22H,2,5-6,12-13,15-17,24H2;1H/t21-,22+;/m0./s1. The molecule has 28 heavy (non-hydrogen) atoms. The van der Waals surface area contributed by atoms with Crippen molar-refractivity contribution in [3.8, 4) is 0 Å². The van der Waals surface area contributed by atoms with Gasteiger partial charge in [0, 0.05) is 50.2 Å². The molecule has 4 rings (SSSR count). The van der Waals surface area contributed by atoms with Crippen LogP contribution in [-0.4, -0.2) is 47.9 Å². The highest BCUT2D eigenvalue weighted by Crippen LogP contribution is 2.27. The molecule has 0 bridgehead atoms. The van der Waals surface area contributed by atoms with E-state index in [9.17, 15) is 4.79 Å². The quantitative estimate of drug-likeness (QED) is 0.853. The van der Waals surface area contributed by atoms with E-state index >= 15 is 0 Å². The monoisotopic (exact) mass is 399 g/mol. The van der Waals surface area contributed by atoms with E-state index in [-0.39, 0.29) is 24.4 Å². The van der Waals surface area contributed by atoms with E-state index in [1.54, 1.807) is 0 Å². The first-order chi connectivity index (χ1) is 13.2. The summed E-state index contributed by atoms with van der Waals surface area (Å²) in [6, 6.07) is 18.9. The van der Waals surface area contributed by atoms with Gasteiger partial charge in [0.2, 0.25) is 0 Å². The number of rotatable bonds is 4. The fraction of sp³-hybridized carbons (Fsp3) is 0.435. The lowest BCUT2D eigenvalue weighted by molar-refractivity contribution is 0.0724. The van der Waals surface area contributed by atoms with Crippen LogP contribution in [0.5, 0.6) is 0 Å². The molecule has 2 N–H and O–H groups in total. The highest BCUT2D eigenvalue weighted by Gasteiger charge is 2.31. The molecular formula is C23H30ClN3O. The number of hydrogen-bond donors (Lipinski definition) is 1. The minimum absolute atomic E-state index is 0. The highest BCUT2D eigenvalue weighted by molar-refractivity contribution is 5.94. The summed E-state index contributed by atoms with van der Waals surface area (Å²) in [6.45, 7) is 4.49. The van der Waals surface area contributed by atoms with E-state index < -0.39 is 0 Å². The molecule has 2 aromatic rings. The van der Waals surface area contributed by atoms with E-state index in [4.69, 9.17) is 5.73 Å². The van der Waals surface area contributed by atoms with Crippen LogP contribution in [0, 0.1) is 0 Å². The number of nitrogens with zero attached hydrogens (tertiary/aromatic N) is 2. The third kappa shape index (κ3) is 4.75. The first kappa shape index (κ1) is 20.8. The van der Waals surface area contributed by atoms with Crippen LogP contribution in [0.15, 0.2) is 54.6 Å². The number of hydrogen-bond acceptors (Lipinski definition) is 3. The van der Waals surface area contributed by atoms with Crippen LogP contribution in [0.4, 0.5) is 0 Å². The molecule has 2 aliphatic rings. The minimum atomic E-state index is 0. The van der Waals surface area contributed by atoms with Gasteiger partial charge in [0.05, 0.1) is 0 Å². The molecule has 2 saturated heterocycles. The molecule has 1 amide bonds. The third-order valence-electron chi connectivity index (χ3n) is 5.89. The van der Waals surface area contributed by atoms with E-state index in [0.29, 0.717) is 5.92 Å². The average molecular weight is 400 g/mol. The first-order valence-electron chi connectivity index (χ1n) is 10.1. The molecule has 2 aliphatic heterocycles. The van der Waals surface area contributed by atoms with Gasteiger partial charge in [-0.25, -0.2) is 0 Å². The number of carbonyl (C=O) groups is 1. The lowest BCUT2D eigenvalue weighted by atomic mass is 9.95. The summed E-state index contributed by atoms with van der Waals surface area (Å²) in [5, 5.41) is 0. The summed E-state index contributed by atoms with van der Waals surface area (Å²) in [5.41, 5.74) is 9.76. The zero-order chi connectivity index (χ0) is 18.6. The molecule has 0 saturated carbocycles. The fourth-order valence-corrected chi connectivity index (χ4v) is 4.44. The third-order valence-corrected chi connectivity index (χ3v) is 5.89. The Hall–Kier alpha value is -1.88. The Morgan fingerprint density at radius 3 is 2.46 bits per heavy atom. The van der Waals surface area contributed by atoms with Crippen molar-refractivity contribution in [2.75, 3.05) is 26.2 Å². The molecule has 5 heteroatoms. The lowest BCUT2D eigenvalue weighted by Gasteiger charge is -2.27. The summed E-state index contributed by atoms with van der Waals surface area (Å²) < 4.78 is 0. The Balaban J connectivity index is 0.00000225. The number of amides is 1. The maximum Gasteiger partial charge on any atom is 0.253 e. The minimum Gasteiger partial charge on any atom is -0.339 e. The molecule has 2 heterocycles. The van der Waals surface area contributed by atoms with Crippen molar-refractivity contribution in [1.29, 1.82) is 0 Å². The number of carbonyl (C=O) groups excluding carboxylic acids is 1. The zero-order valence-electron chi connectivity index (χ0n) is 16.3. The molecule has 150 valence electrons. The second-order valence-corrected chi connectivity index (χ2v) is 7.93. The zero-order valence-corrected chi connectivity index (χ0v) is 17.1. The Labute approximate surface area is 174 Å². The number of benzene rings is 2. The first-order valence-corrected chi connectivity index (χ1v) is 10.1. The summed E-state index contributed by atoms with van der Waals surface area (Å²) in [4.78, 5) is 17.2. The van der Waals surface area contributed by atoms with Crippen molar-refractivity contribution >= 4 is 18.3 Å². The number of nitrogens with two attached hydrogens (primary N) is 1. The predicted molar refractivity (Wildman–Crippen MR) is 116 cm³/mol. The number of halogens is 1. The Morgan fingerprint density at radius 1 is 0.964 bits per heavy atom. The van der Waals surface area contributed by atoms with Crippen LogP contribution in [0.1, 0.15) is 46.7 Å². The molecule has 2 fully saturated rings. The van der Waals surface area contributed by atoms with Gasteiger partial charge in [-0.3, -0.25) is 9.69 Å². The van der Waals surface area contributed by atoms with Crippen LogP contribution in [0.3, 0.4) is 0 Å². The van der Waals surface area contributed by atoms with Crippen molar-refractivity contribution in [2.45, 2.75) is 37.8 Å². The summed E-state index contributed by atoms with van der Waals surface area (Å²) in [7, 11) is 0. The van der Waals surface area contributed by atoms with E-state index in [2.05, 4.69) is 41.3 Å². The van der Waals surface area contributed by atoms with Crippen LogP contribution in [0.25, 0.3) is 0 Å². The number of piperidine rings is 1. The van der Waals surface area contributed by atoms with Gasteiger partial charge in [-0.2, -0.15) is 0 Å². The average Bonchev–Trinajstić information content (AvgIpc) is 3.09. The smallest absolute Gasteiger partial charge is 0.253 e. The van der Waals surface area contributed by atoms with Gasteiger partial charge in [0.25, 0.3) is 5.91 Å². The maximum atomic E-state index is 12.8. The lowest BCUT2D eigenvalue weighted by Crippen LogP contribution is -2.35. The SMILES string of the molecule is Cl.N[C@@H]1CN(Cc2cccc(C(=O)N3CCCCC3)c2)C[C@H]1c1ccccc1. The molecular weight excluding hydrogens is 370 g/mol. The second kappa shape index (κ2) is 9.55. The molecule has 2 aromatic carbocycles. The molecule has 0 aliphatic carbocycles. The van der Waals surface area contributed by atoms with Gasteiger partial charge < -0.3 is 10.6 Å². The van der Waals surface area contributed by atoms with E-state index in [1.807, 2.05) is 23.1 Å². The molecule has 0 radical (unpaired) electrons. The van der Waals surface area contributed by atoms with Gasteiger partial charge in [0.1, 0.15) is 0 Å². The predicted octanol–water partition coefficient (Wildman–Crippen LogP) is 3.66. The molecule has 4 nitrogen and oxygen atoms in total. The number of likely N-dealkylation sites (tertiary alicyclic amines) is 2. The topological polar surface area (TPSA) is 49.6 Å². The Morgan fingerprint density at radius 2 is 1.71 bits per heavy atom. The molecule has 2 atom stereocenters. The van der Waals surface area contributed by atoms with Crippen LogP contribution >= 0.6 is 12.4 Å². The Bertz CT molecular complexity index is 776. The van der Waals surface area contributed by atoms with E-state index in [1.165, 1.54) is 17.5 Å². The van der Waals surface area contributed by atoms with Crippen molar-refractivity contribution < 1.29 is 4.79 Å². The fourth-order valence-electron chi connectivity index (χ4n) is 4.44. The molecule has 0 spiro atoms. The van der Waals surface area contributed by atoms with Gasteiger partial charge >= 0.3 is 0 Å². The van der Waals surface area contributed by atoms with Crippen LogP contribution in [0.2, 0.25) is 0 Å². The van der Waals surface area contributed by atoms with Crippen LogP contribution < -0.4 is 5.73 Å². The normalized spacial score (nSPS) is 22.7. The van der Waals surface area contributed by atoms with Crippen molar-refractivity contribution in [3.05, 3.63) is 71.3 Å².